The van der Waals surface area contributed by atoms with Gasteiger partial charge in [-0.15, -0.1) is 11.6 Å². The summed E-state index contributed by atoms with van der Waals surface area (Å²) >= 11 is 9.27. The molecule has 2 nitrogen and oxygen atoms in total. The van der Waals surface area contributed by atoms with E-state index in [9.17, 15) is 0 Å². The van der Waals surface area contributed by atoms with Gasteiger partial charge in [-0.05, 0) is 46.1 Å². The van der Waals surface area contributed by atoms with Crippen LogP contribution in [0.15, 0.2) is 41.0 Å². The molecule has 0 aliphatic rings. The second-order valence-corrected chi connectivity index (χ2v) is 5.43. The average molecular weight is 341 g/mol. The first-order chi connectivity index (χ1) is 9.22. The van der Waals surface area contributed by atoms with Crippen molar-refractivity contribution in [3.63, 3.8) is 0 Å². The largest absolute Gasteiger partial charge is 0.439 e. The third-order valence-corrected chi connectivity index (χ3v) is 3.43. The molecule has 0 amide bonds. The number of hydrogen-bond donors (Lipinski definition) is 0. The minimum Gasteiger partial charge on any atom is -0.439 e. The van der Waals surface area contributed by atoms with Crippen molar-refractivity contribution >= 4 is 27.5 Å². The summed E-state index contributed by atoms with van der Waals surface area (Å²) in [5.74, 6) is 1.71. The zero-order valence-electron chi connectivity index (χ0n) is 10.7. The molecular weight excluding hydrogens is 326 g/mol. The highest BCUT2D eigenvalue weighted by Crippen LogP contribution is 2.26. The Morgan fingerprint density at radius 2 is 2.00 bits per heavy atom. The molecule has 1 aromatic heterocycles. The van der Waals surface area contributed by atoms with Crippen LogP contribution in [0, 0.1) is 0 Å². The highest BCUT2D eigenvalue weighted by molar-refractivity contribution is 9.10. The van der Waals surface area contributed by atoms with E-state index in [1.165, 1.54) is 5.56 Å². The zero-order chi connectivity index (χ0) is 13.7. The van der Waals surface area contributed by atoms with Crippen molar-refractivity contribution in [2.24, 2.45) is 0 Å². The maximum absolute atomic E-state index is 5.90. The van der Waals surface area contributed by atoms with Gasteiger partial charge >= 0.3 is 0 Å². The first-order valence-electron chi connectivity index (χ1n) is 6.20. The molecule has 0 saturated carbocycles. The zero-order valence-corrected chi connectivity index (χ0v) is 13.0. The van der Waals surface area contributed by atoms with Crippen molar-refractivity contribution in [1.29, 1.82) is 0 Å². The molecule has 0 bridgehead atoms. The number of halogens is 2. The van der Waals surface area contributed by atoms with Crippen LogP contribution in [0.1, 0.15) is 24.5 Å². The fraction of sp³-hybridized carbons (Fsp3) is 0.267. The Hall–Kier alpha value is -1.06. The highest BCUT2D eigenvalue weighted by atomic mass is 79.9. The van der Waals surface area contributed by atoms with Crippen LogP contribution in [-0.4, -0.2) is 4.98 Å². The molecule has 2 aromatic rings. The minimum atomic E-state index is 0.371. The van der Waals surface area contributed by atoms with E-state index < -0.39 is 0 Å². The SMILES string of the molecule is CCCc1ccc(Oc2ncc(Br)cc2CCl)cc1. The Labute approximate surface area is 126 Å². The molecule has 0 unspecified atom stereocenters. The number of rotatable bonds is 5. The van der Waals surface area contributed by atoms with Crippen LogP contribution in [0.3, 0.4) is 0 Å². The van der Waals surface area contributed by atoms with E-state index in [4.69, 9.17) is 16.3 Å². The first-order valence-corrected chi connectivity index (χ1v) is 7.53. The lowest BCUT2D eigenvalue weighted by atomic mass is 10.1. The molecule has 1 heterocycles. The number of hydrogen-bond acceptors (Lipinski definition) is 2. The van der Waals surface area contributed by atoms with Gasteiger partial charge < -0.3 is 4.74 Å². The molecule has 0 fully saturated rings. The molecule has 100 valence electrons. The second-order valence-electron chi connectivity index (χ2n) is 4.25. The van der Waals surface area contributed by atoms with Crippen molar-refractivity contribution in [2.45, 2.75) is 25.6 Å². The van der Waals surface area contributed by atoms with Crippen molar-refractivity contribution in [3.05, 3.63) is 52.1 Å². The molecule has 0 saturated heterocycles. The summed E-state index contributed by atoms with van der Waals surface area (Å²) in [6, 6.07) is 10.0. The third-order valence-electron chi connectivity index (χ3n) is 2.71. The van der Waals surface area contributed by atoms with Crippen molar-refractivity contribution < 1.29 is 4.74 Å². The standard InChI is InChI=1S/C15H15BrClNO/c1-2-3-11-4-6-14(7-5-11)19-15-12(9-17)8-13(16)10-18-15/h4-8,10H,2-3,9H2,1H3. The summed E-state index contributed by atoms with van der Waals surface area (Å²) in [6.07, 6.45) is 3.94. The first kappa shape index (κ1) is 14.4. The van der Waals surface area contributed by atoms with E-state index in [-0.39, 0.29) is 0 Å². The van der Waals surface area contributed by atoms with Crippen molar-refractivity contribution in [3.8, 4) is 11.6 Å². The number of ether oxygens (including phenoxy) is 1. The van der Waals surface area contributed by atoms with Crippen LogP contribution in [0.5, 0.6) is 11.6 Å². The number of aromatic nitrogens is 1. The van der Waals surface area contributed by atoms with E-state index in [1.54, 1.807) is 6.20 Å². The van der Waals surface area contributed by atoms with E-state index in [2.05, 4.69) is 40.0 Å². The molecule has 0 aliphatic heterocycles. The van der Waals surface area contributed by atoms with Crippen LogP contribution in [0.2, 0.25) is 0 Å². The van der Waals surface area contributed by atoms with Gasteiger partial charge in [0.2, 0.25) is 5.88 Å². The fourth-order valence-corrected chi connectivity index (χ4v) is 2.35. The maximum Gasteiger partial charge on any atom is 0.223 e. The molecule has 19 heavy (non-hydrogen) atoms. The Kier molecular flexibility index (Phi) is 5.23. The van der Waals surface area contributed by atoms with E-state index in [0.29, 0.717) is 11.8 Å². The molecule has 4 heteroatoms. The van der Waals surface area contributed by atoms with Crippen LogP contribution in [-0.2, 0) is 12.3 Å². The van der Waals surface area contributed by atoms with E-state index >= 15 is 0 Å². The normalized spacial score (nSPS) is 10.5. The fourth-order valence-electron chi connectivity index (χ4n) is 1.78. The maximum atomic E-state index is 5.90. The van der Waals surface area contributed by atoms with Crippen LogP contribution in [0.25, 0.3) is 0 Å². The van der Waals surface area contributed by atoms with Gasteiger partial charge in [0.15, 0.2) is 0 Å². The molecule has 0 aliphatic carbocycles. The molecule has 0 spiro atoms. The summed E-state index contributed by atoms with van der Waals surface area (Å²) in [7, 11) is 0. The number of alkyl halides is 1. The van der Waals surface area contributed by atoms with Gasteiger partial charge in [-0.2, -0.15) is 0 Å². The molecule has 0 radical (unpaired) electrons. The Bertz CT molecular complexity index is 542. The molecule has 0 atom stereocenters. The molecule has 1 aromatic carbocycles. The summed E-state index contributed by atoms with van der Waals surface area (Å²) in [6.45, 7) is 2.17. The van der Waals surface area contributed by atoms with Crippen LogP contribution >= 0.6 is 27.5 Å². The number of pyridine rings is 1. The Morgan fingerprint density at radius 1 is 1.26 bits per heavy atom. The van der Waals surface area contributed by atoms with Gasteiger partial charge in [0.05, 0.1) is 5.88 Å². The predicted octanol–water partition coefficient (Wildman–Crippen LogP) is 5.33. The number of nitrogens with zero attached hydrogens (tertiary/aromatic N) is 1. The molecule has 0 N–H and O–H groups in total. The van der Waals surface area contributed by atoms with Gasteiger partial charge in [0, 0.05) is 16.2 Å². The monoisotopic (exact) mass is 339 g/mol. The van der Waals surface area contributed by atoms with Gasteiger partial charge in [0.25, 0.3) is 0 Å². The summed E-state index contributed by atoms with van der Waals surface area (Å²) in [4.78, 5) is 4.25. The van der Waals surface area contributed by atoms with Crippen LogP contribution in [0.4, 0.5) is 0 Å². The summed E-state index contributed by atoms with van der Waals surface area (Å²) in [5, 5.41) is 0. The molecule has 2 rings (SSSR count). The minimum absolute atomic E-state index is 0.371. The lowest BCUT2D eigenvalue weighted by molar-refractivity contribution is 0.458. The second kappa shape index (κ2) is 6.92. The predicted molar refractivity (Wildman–Crippen MR) is 82.0 cm³/mol. The summed E-state index contributed by atoms with van der Waals surface area (Å²) < 4.78 is 6.67. The van der Waals surface area contributed by atoms with E-state index in [1.807, 2.05) is 18.2 Å². The van der Waals surface area contributed by atoms with Gasteiger partial charge in [-0.1, -0.05) is 25.5 Å². The topological polar surface area (TPSA) is 22.1 Å². The number of aryl methyl sites for hydroxylation is 1. The van der Waals surface area contributed by atoms with Gasteiger partial charge in [0.1, 0.15) is 5.75 Å². The quantitative estimate of drug-likeness (QED) is 0.686. The average Bonchev–Trinajstić information content (AvgIpc) is 2.43. The Morgan fingerprint density at radius 3 is 2.63 bits per heavy atom. The number of benzene rings is 1. The molecular formula is C15H15BrClNO. The lowest BCUT2D eigenvalue weighted by Gasteiger charge is -2.09. The van der Waals surface area contributed by atoms with Crippen LogP contribution < -0.4 is 4.74 Å². The smallest absolute Gasteiger partial charge is 0.223 e. The highest BCUT2D eigenvalue weighted by Gasteiger charge is 2.06. The van der Waals surface area contributed by atoms with Crippen molar-refractivity contribution in [2.75, 3.05) is 0 Å². The van der Waals surface area contributed by atoms with Crippen molar-refractivity contribution in [1.82, 2.24) is 4.98 Å². The lowest BCUT2D eigenvalue weighted by Crippen LogP contribution is -1.93. The van der Waals surface area contributed by atoms with Gasteiger partial charge in [-0.25, -0.2) is 4.98 Å². The van der Waals surface area contributed by atoms with Gasteiger partial charge in [-0.3, -0.25) is 0 Å². The third kappa shape index (κ3) is 3.95. The van der Waals surface area contributed by atoms with E-state index in [0.717, 1.165) is 28.6 Å². The summed E-state index contributed by atoms with van der Waals surface area (Å²) in [5.41, 5.74) is 2.19. The Balaban J connectivity index is 2.16.